The molecule has 2 aromatic carbocycles. The van der Waals surface area contributed by atoms with Gasteiger partial charge in [0, 0.05) is 30.4 Å². The zero-order valence-corrected chi connectivity index (χ0v) is 19.2. The molecule has 4 rings (SSSR count). The molecule has 2 aliphatic rings. The zero-order valence-electron chi connectivity index (χ0n) is 18.4. The molecule has 1 heterocycles. The second kappa shape index (κ2) is 8.94. The Kier molecular flexibility index (Phi) is 6.24. The summed E-state index contributed by atoms with van der Waals surface area (Å²) in [5.74, 6) is -0.442. The number of likely N-dealkylation sites (tertiary alicyclic amines) is 1. The van der Waals surface area contributed by atoms with Gasteiger partial charge in [0.2, 0.25) is 5.91 Å². The molecule has 2 aromatic rings. The van der Waals surface area contributed by atoms with Crippen LogP contribution in [0, 0.1) is 19.8 Å². The summed E-state index contributed by atoms with van der Waals surface area (Å²) in [4.78, 5) is 27.5. The maximum atomic E-state index is 13.3. The summed E-state index contributed by atoms with van der Waals surface area (Å²) in [6, 6.07) is 12.0. The van der Waals surface area contributed by atoms with Gasteiger partial charge in [-0.2, -0.15) is 0 Å². The minimum Gasteiger partial charge on any atom is -0.353 e. The zero-order chi connectivity index (χ0) is 22.9. The van der Waals surface area contributed by atoms with Crippen LogP contribution in [0.5, 0.6) is 0 Å². The minimum absolute atomic E-state index is 0.0143. The Labute approximate surface area is 189 Å². The summed E-state index contributed by atoms with van der Waals surface area (Å²) < 4.78 is 28.5. The summed E-state index contributed by atoms with van der Waals surface area (Å²) in [5.41, 5.74) is 2.46. The fourth-order valence-corrected chi connectivity index (χ4v) is 5.09. The van der Waals surface area contributed by atoms with Crippen molar-refractivity contribution >= 4 is 27.5 Å². The standard InChI is InChI=1S/C24H29N3O4S/c1-16-5-3-7-20(13-16)26-32(30,31)21-11-8-17(2)22(14-21)24(29)27-12-4-6-18(15-27)23(28)25-19-9-10-19/h3,5,7-8,11,13-14,18-19,26H,4,6,9-10,12,15H2,1-2H3,(H,25,28). The van der Waals surface area contributed by atoms with E-state index >= 15 is 0 Å². The number of carbonyl (C=O) groups is 2. The van der Waals surface area contributed by atoms with E-state index in [1.54, 1.807) is 36.1 Å². The van der Waals surface area contributed by atoms with E-state index in [-0.39, 0.29) is 22.6 Å². The predicted molar refractivity (Wildman–Crippen MR) is 123 cm³/mol. The molecule has 0 spiro atoms. The van der Waals surface area contributed by atoms with E-state index in [9.17, 15) is 18.0 Å². The van der Waals surface area contributed by atoms with Gasteiger partial charge < -0.3 is 10.2 Å². The number of hydrogen-bond acceptors (Lipinski definition) is 4. The lowest BCUT2D eigenvalue weighted by atomic mass is 9.96. The molecule has 170 valence electrons. The monoisotopic (exact) mass is 455 g/mol. The Hall–Kier alpha value is -2.87. The number of hydrogen-bond donors (Lipinski definition) is 2. The first-order valence-electron chi connectivity index (χ1n) is 11.0. The fourth-order valence-electron chi connectivity index (χ4n) is 4.01. The van der Waals surface area contributed by atoms with Crippen LogP contribution in [0.2, 0.25) is 0 Å². The first-order valence-corrected chi connectivity index (χ1v) is 12.5. The first kappa shape index (κ1) is 22.3. The Morgan fingerprint density at radius 3 is 2.53 bits per heavy atom. The van der Waals surface area contributed by atoms with E-state index in [4.69, 9.17) is 0 Å². The van der Waals surface area contributed by atoms with Crippen molar-refractivity contribution in [1.29, 1.82) is 0 Å². The molecule has 2 N–H and O–H groups in total. The topological polar surface area (TPSA) is 95.6 Å². The van der Waals surface area contributed by atoms with Gasteiger partial charge in [0.05, 0.1) is 10.8 Å². The van der Waals surface area contributed by atoms with Crippen LogP contribution in [0.25, 0.3) is 0 Å². The molecule has 32 heavy (non-hydrogen) atoms. The number of aryl methyl sites for hydroxylation is 2. The van der Waals surface area contributed by atoms with E-state index in [1.165, 1.54) is 12.1 Å². The average molecular weight is 456 g/mol. The Morgan fingerprint density at radius 1 is 1.03 bits per heavy atom. The Balaban J connectivity index is 1.52. The summed E-state index contributed by atoms with van der Waals surface area (Å²) in [6.45, 7) is 4.59. The van der Waals surface area contributed by atoms with Crippen LogP contribution in [-0.4, -0.2) is 44.3 Å². The third-order valence-corrected chi connectivity index (χ3v) is 7.40. The molecular weight excluding hydrogens is 426 g/mol. The number of carbonyl (C=O) groups excluding carboxylic acids is 2. The molecule has 0 radical (unpaired) electrons. The van der Waals surface area contributed by atoms with E-state index in [0.717, 1.165) is 31.2 Å². The molecule has 1 saturated carbocycles. The molecule has 1 saturated heterocycles. The van der Waals surface area contributed by atoms with Gasteiger partial charge in [-0.25, -0.2) is 8.42 Å². The number of benzene rings is 2. The molecule has 0 bridgehead atoms. The van der Waals surface area contributed by atoms with E-state index in [0.29, 0.717) is 35.9 Å². The van der Waals surface area contributed by atoms with E-state index in [2.05, 4.69) is 10.0 Å². The number of rotatable bonds is 6. The van der Waals surface area contributed by atoms with E-state index < -0.39 is 10.0 Å². The lowest BCUT2D eigenvalue weighted by molar-refractivity contribution is -0.126. The number of anilines is 1. The van der Waals surface area contributed by atoms with Crippen LogP contribution in [0.15, 0.2) is 47.4 Å². The van der Waals surface area contributed by atoms with Crippen molar-refractivity contribution in [3.63, 3.8) is 0 Å². The lowest BCUT2D eigenvalue weighted by Gasteiger charge is -2.32. The number of sulfonamides is 1. The van der Waals surface area contributed by atoms with Crippen molar-refractivity contribution in [3.05, 3.63) is 59.2 Å². The van der Waals surface area contributed by atoms with Crippen LogP contribution < -0.4 is 10.0 Å². The summed E-state index contributed by atoms with van der Waals surface area (Å²) in [6.07, 6.45) is 3.56. The van der Waals surface area contributed by atoms with Crippen molar-refractivity contribution in [1.82, 2.24) is 10.2 Å². The van der Waals surface area contributed by atoms with Gasteiger partial charge in [-0.15, -0.1) is 0 Å². The number of piperidine rings is 1. The van der Waals surface area contributed by atoms with Gasteiger partial charge in [0.1, 0.15) is 0 Å². The normalized spacial score (nSPS) is 18.8. The van der Waals surface area contributed by atoms with Gasteiger partial charge in [0.15, 0.2) is 0 Å². The molecule has 1 atom stereocenters. The third kappa shape index (κ3) is 5.12. The molecule has 1 unspecified atom stereocenters. The van der Waals surface area contributed by atoms with Crippen molar-refractivity contribution in [3.8, 4) is 0 Å². The Morgan fingerprint density at radius 2 is 1.81 bits per heavy atom. The highest BCUT2D eigenvalue weighted by Gasteiger charge is 2.32. The number of nitrogens with one attached hydrogen (secondary N) is 2. The van der Waals surface area contributed by atoms with Crippen LogP contribution in [0.4, 0.5) is 5.69 Å². The van der Waals surface area contributed by atoms with Crippen molar-refractivity contribution in [2.24, 2.45) is 5.92 Å². The van der Waals surface area contributed by atoms with Crippen LogP contribution in [0.1, 0.15) is 47.2 Å². The second-order valence-corrected chi connectivity index (χ2v) is 10.5. The van der Waals surface area contributed by atoms with Gasteiger partial charge in [0.25, 0.3) is 15.9 Å². The molecule has 1 aliphatic heterocycles. The maximum absolute atomic E-state index is 13.3. The highest BCUT2D eigenvalue weighted by atomic mass is 32.2. The average Bonchev–Trinajstić information content (AvgIpc) is 3.57. The highest BCUT2D eigenvalue weighted by Crippen LogP contribution is 2.25. The summed E-state index contributed by atoms with van der Waals surface area (Å²) in [7, 11) is -3.85. The molecule has 1 aliphatic carbocycles. The largest absolute Gasteiger partial charge is 0.353 e. The van der Waals surface area contributed by atoms with Crippen LogP contribution in [-0.2, 0) is 14.8 Å². The van der Waals surface area contributed by atoms with Crippen LogP contribution in [0.3, 0.4) is 0 Å². The molecule has 8 heteroatoms. The summed E-state index contributed by atoms with van der Waals surface area (Å²) >= 11 is 0. The SMILES string of the molecule is Cc1cccc(NS(=O)(=O)c2ccc(C)c(C(=O)N3CCCC(C(=O)NC4CC4)C3)c2)c1. The molecule has 2 fully saturated rings. The molecular formula is C24H29N3O4S. The third-order valence-electron chi connectivity index (χ3n) is 6.02. The van der Waals surface area contributed by atoms with Crippen molar-refractivity contribution in [2.75, 3.05) is 17.8 Å². The minimum atomic E-state index is -3.85. The molecule has 7 nitrogen and oxygen atoms in total. The van der Waals surface area contributed by atoms with Gasteiger partial charge >= 0.3 is 0 Å². The molecule has 0 aromatic heterocycles. The number of amides is 2. The van der Waals surface area contributed by atoms with Gasteiger partial charge in [-0.1, -0.05) is 18.2 Å². The predicted octanol–water partition coefficient (Wildman–Crippen LogP) is 3.24. The smallest absolute Gasteiger partial charge is 0.261 e. The highest BCUT2D eigenvalue weighted by molar-refractivity contribution is 7.92. The van der Waals surface area contributed by atoms with Gasteiger partial charge in [-0.05, 0) is 74.9 Å². The van der Waals surface area contributed by atoms with Crippen LogP contribution >= 0.6 is 0 Å². The lowest BCUT2D eigenvalue weighted by Crippen LogP contribution is -2.46. The van der Waals surface area contributed by atoms with Crippen molar-refractivity contribution < 1.29 is 18.0 Å². The Bertz CT molecular complexity index is 1140. The summed E-state index contributed by atoms with van der Waals surface area (Å²) in [5, 5.41) is 3.03. The quantitative estimate of drug-likeness (QED) is 0.699. The number of nitrogens with zero attached hydrogens (tertiary/aromatic N) is 1. The maximum Gasteiger partial charge on any atom is 0.261 e. The van der Waals surface area contributed by atoms with Crippen molar-refractivity contribution in [2.45, 2.75) is 50.5 Å². The van der Waals surface area contributed by atoms with E-state index in [1.807, 2.05) is 13.0 Å². The first-order chi connectivity index (χ1) is 15.2. The fraction of sp³-hybridized carbons (Fsp3) is 0.417. The van der Waals surface area contributed by atoms with Gasteiger partial charge in [-0.3, -0.25) is 14.3 Å². The second-order valence-electron chi connectivity index (χ2n) is 8.82. The molecule has 2 amide bonds.